The van der Waals surface area contributed by atoms with E-state index in [1.807, 2.05) is 5.32 Å². The summed E-state index contributed by atoms with van der Waals surface area (Å²) >= 11 is 5.91. The number of nitrogens with zero attached hydrogens (tertiary/aromatic N) is 2. The number of rotatable bonds is 3. The van der Waals surface area contributed by atoms with Gasteiger partial charge in [-0.25, -0.2) is 0 Å². The SMILES string of the molecule is CC1(C)CC(=O)C2=C(C1)N(c1ccc(Cl)cc1)C(=O)[C@@]2(NC(=O)c1ccncc1)C(F)(F)F. The van der Waals surface area contributed by atoms with Gasteiger partial charge in [-0.15, -0.1) is 0 Å². The summed E-state index contributed by atoms with van der Waals surface area (Å²) in [6.45, 7) is 3.48. The molecule has 0 radical (unpaired) electrons. The Labute approximate surface area is 192 Å². The number of pyridine rings is 1. The molecule has 1 aliphatic carbocycles. The maximum atomic E-state index is 14.8. The monoisotopic (exact) mass is 477 g/mol. The number of anilines is 1. The second-order valence-corrected chi connectivity index (χ2v) is 9.25. The number of alkyl halides is 3. The first-order valence-electron chi connectivity index (χ1n) is 10.0. The number of Topliss-reactive ketones (excluding diaryl/α,β-unsaturated/α-hetero) is 1. The first-order valence-corrected chi connectivity index (χ1v) is 10.4. The van der Waals surface area contributed by atoms with E-state index in [4.69, 9.17) is 11.6 Å². The zero-order valence-electron chi connectivity index (χ0n) is 17.7. The lowest BCUT2D eigenvalue weighted by atomic mass is 9.72. The fourth-order valence-electron chi connectivity index (χ4n) is 4.36. The Morgan fingerprint density at radius 3 is 2.24 bits per heavy atom. The Balaban J connectivity index is 1.94. The maximum Gasteiger partial charge on any atom is 0.425 e. The van der Waals surface area contributed by atoms with E-state index in [9.17, 15) is 27.6 Å². The van der Waals surface area contributed by atoms with E-state index in [0.29, 0.717) is 5.02 Å². The highest BCUT2D eigenvalue weighted by Gasteiger charge is 2.72. The predicted octanol–water partition coefficient (Wildman–Crippen LogP) is 4.46. The molecule has 33 heavy (non-hydrogen) atoms. The van der Waals surface area contributed by atoms with Crippen molar-refractivity contribution in [3.63, 3.8) is 0 Å². The van der Waals surface area contributed by atoms with E-state index < -0.39 is 40.3 Å². The summed E-state index contributed by atoms with van der Waals surface area (Å²) < 4.78 is 44.3. The number of hydrogen-bond acceptors (Lipinski definition) is 4. The Kier molecular flexibility index (Phi) is 5.35. The van der Waals surface area contributed by atoms with Gasteiger partial charge in [0.2, 0.25) is 5.54 Å². The van der Waals surface area contributed by atoms with E-state index in [1.54, 1.807) is 13.8 Å². The summed E-state index contributed by atoms with van der Waals surface area (Å²) in [6.07, 6.45) is -2.97. The van der Waals surface area contributed by atoms with Crippen molar-refractivity contribution in [3.05, 3.63) is 70.6 Å². The van der Waals surface area contributed by atoms with E-state index >= 15 is 0 Å². The molecule has 1 aromatic carbocycles. The van der Waals surface area contributed by atoms with Gasteiger partial charge in [-0.1, -0.05) is 25.4 Å². The quantitative estimate of drug-likeness (QED) is 0.708. The van der Waals surface area contributed by atoms with Gasteiger partial charge in [0.05, 0.1) is 5.57 Å². The number of aromatic nitrogens is 1. The van der Waals surface area contributed by atoms with Crippen LogP contribution in [0.25, 0.3) is 0 Å². The third kappa shape index (κ3) is 3.70. The van der Waals surface area contributed by atoms with Crippen LogP contribution < -0.4 is 10.2 Å². The van der Waals surface area contributed by atoms with Crippen molar-refractivity contribution in [2.75, 3.05) is 4.90 Å². The normalized spacial score (nSPS) is 22.4. The fourth-order valence-corrected chi connectivity index (χ4v) is 4.49. The number of ketones is 1. The van der Waals surface area contributed by atoms with Crippen LogP contribution in [0.3, 0.4) is 0 Å². The van der Waals surface area contributed by atoms with Gasteiger partial charge in [-0.05, 0) is 48.2 Å². The molecular formula is C23H19ClF3N3O3. The summed E-state index contributed by atoms with van der Waals surface area (Å²) in [4.78, 5) is 44.2. The first-order chi connectivity index (χ1) is 15.4. The molecule has 2 aliphatic rings. The van der Waals surface area contributed by atoms with Crippen molar-refractivity contribution in [1.29, 1.82) is 0 Å². The highest BCUT2D eigenvalue weighted by Crippen LogP contribution is 2.52. The van der Waals surface area contributed by atoms with Crippen LogP contribution in [0.5, 0.6) is 0 Å². The standard InChI is InChI=1S/C23H19ClF3N3O3/c1-21(2)11-16-18(17(31)12-21)22(23(25,26)27,29-19(32)13-7-9-28-10-8-13)20(33)30(16)15-5-3-14(24)4-6-15/h3-10H,11-12H2,1-2H3,(H,29,32)/t22-/m1/s1. The molecule has 0 fully saturated rings. The largest absolute Gasteiger partial charge is 0.425 e. The van der Waals surface area contributed by atoms with Gasteiger partial charge in [0.15, 0.2) is 5.78 Å². The van der Waals surface area contributed by atoms with Crippen LogP contribution in [0, 0.1) is 5.41 Å². The Bertz CT molecular complexity index is 1180. The molecule has 1 aromatic heterocycles. The second kappa shape index (κ2) is 7.69. The Morgan fingerprint density at radius 2 is 1.67 bits per heavy atom. The minimum Gasteiger partial charge on any atom is -0.326 e. The van der Waals surface area contributed by atoms with Crippen LogP contribution in [0.15, 0.2) is 60.1 Å². The smallest absolute Gasteiger partial charge is 0.326 e. The van der Waals surface area contributed by atoms with Crippen molar-refractivity contribution in [1.82, 2.24) is 10.3 Å². The minimum absolute atomic E-state index is 0.0331. The number of nitrogens with one attached hydrogen (secondary N) is 1. The van der Waals surface area contributed by atoms with Gasteiger partial charge in [-0.2, -0.15) is 13.2 Å². The van der Waals surface area contributed by atoms with E-state index in [0.717, 1.165) is 4.90 Å². The molecule has 0 spiro atoms. The molecule has 0 saturated carbocycles. The number of halogens is 4. The van der Waals surface area contributed by atoms with Gasteiger partial charge < -0.3 is 5.32 Å². The number of amides is 2. The summed E-state index contributed by atoms with van der Waals surface area (Å²) in [5.41, 5.74) is -5.02. The molecule has 0 unspecified atom stereocenters. The lowest BCUT2D eigenvalue weighted by Gasteiger charge is -2.35. The van der Waals surface area contributed by atoms with Crippen LogP contribution in [0.2, 0.25) is 5.02 Å². The molecule has 6 nitrogen and oxygen atoms in total. The molecule has 1 aliphatic heterocycles. The van der Waals surface area contributed by atoms with Crippen LogP contribution in [0.4, 0.5) is 18.9 Å². The topological polar surface area (TPSA) is 79.4 Å². The Hall–Kier alpha value is -3.20. The van der Waals surface area contributed by atoms with E-state index in [1.165, 1.54) is 48.8 Å². The molecule has 2 amide bonds. The highest BCUT2D eigenvalue weighted by atomic mass is 35.5. The van der Waals surface area contributed by atoms with Crippen molar-refractivity contribution >= 4 is 34.9 Å². The fraction of sp³-hybridized carbons (Fsp3) is 0.304. The van der Waals surface area contributed by atoms with Gasteiger partial charge in [0.25, 0.3) is 11.8 Å². The second-order valence-electron chi connectivity index (χ2n) is 8.82. The van der Waals surface area contributed by atoms with Crippen LogP contribution >= 0.6 is 11.6 Å². The molecule has 2 aromatic rings. The average Bonchev–Trinajstić information content (AvgIpc) is 2.97. The number of allylic oxidation sites excluding steroid dienone is 1. The minimum atomic E-state index is -5.29. The molecule has 0 bridgehead atoms. The number of carbonyl (C=O) groups excluding carboxylic acids is 3. The molecule has 0 saturated heterocycles. The number of carbonyl (C=O) groups is 3. The molecule has 4 rings (SSSR count). The van der Waals surface area contributed by atoms with Gasteiger partial charge in [0, 0.05) is 40.8 Å². The van der Waals surface area contributed by atoms with Crippen molar-refractivity contribution in [2.45, 2.75) is 38.4 Å². The van der Waals surface area contributed by atoms with Crippen molar-refractivity contribution < 1.29 is 27.6 Å². The number of hydrogen-bond donors (Lipinski definition) is 1. The molecule has 10 heteroatoms. The average molecular weight is 478 g/mol. The third-order valence-corrected chi connectivity index (χ3v) is 6.03. The highest BCUT2D eigenvalue weighted by molar-refractivity contribution is 6.30. The van der Waals surface area contributed by atoms with Gasteiger partial charge >= 0.3 is 6.18 Å². The zero-order valence-corrected chi connectivity index (χ0v) is 18.4. The predicted molar refractivity (Wildman–Crippen MR) is 114 cm³/mol. The van der Waals surface area contributed by atoms with Crippen LogP contribution in [-0.4, -0.2) is 34.3 Å². The summed E-state index contributed by atoms with van der Waals surface area (Å²) in [5, 5.41) is 2.21. The zero-order chi connectivity index (χ0) is 24.2. The van der Waals surface area contributed by atoms with E-state index in [2.05, 4.69) is 4.98 Å². The summed E-state index contributed by atoms with van der Waals surface area (Å²) in [7, 11) is 0. The molecule has 1 atom stereocenters. The first kappa shape index (κ1) is 23.0. The molecular weight excluding hydrogens is 459 g/mol. The molecule has 172 valence electrons. The van der Waals surface area contributed by atoms with Gasteiger partial charge in [-0.3, -0.25) is 24.3 Å². The number of benzene rings is 1. The Morgan fingerprint density at radius 1 is 1.06 bits per heavy atom. The summed E-state index contributed by atoms with van der Waals surface area (Å²) in [5.74, 6) is -3.44. The molecule has 2 heterocycles. The van der Waals surface area contributed by atoms with Crippen molar-refractivity contribution in [2.24, 2.45) is 5.41 Å². The summed E-state index contributed by atoms with van der Waals surface area (Å²) in [6, 6.07) is 8.10. The van der Waals surface area contributed by atoms with Crippen LogP contribution in [0.1, 0.15) is 37.0 Å². The lowest BCUT2D eigenvalue weighted by Crippen LogP contribution is -2.66. The van der Waals surface area contributed by atoms with E-state index in [-0.39, 0.29) is 29.8 Å². The van der Waals surface area contributed by atoms with Gasteiger partial charge in [0.1, 0.15) is 0 Å². The lowest BCUT2D eigenvalue weighted by molar-refractivity contribution is -0.186. The van der Waals surface area contributed by atoms with Crippen LogP contribution in [-0.2, 0) is 9.59 Å². The molecule has 1 N–H and O–H groups in total. The maximum absolute atomic E-state index is 14.8. The third-order valence-electron chi connectivity index (χ3n) is 5.77. The van der Waals surface area contributed by atoms with Crippen molar-refractivity contribution in [3.8, 4) is 0 Å².